The van der Waals surface area contributed by atoms with Crippen LogP contribution in [0.2, 0.25) is 0 Å². The molecule has 0 bridgehead atoms. The molecule has 3 aliphatic heterocycles. The van der Waals surface area contributed by atoms with Gasteiger partial charge in [0.25, 0.3) is 5.91 Å². The molecule has 0 saturated carbocycles. The van der Waals surface area contributed by atoms with Crippen molar-refractivity contribution >= 4 is 11.9 Å². The van der Waals surface area contributed by atoms with Crippen molar-refractivity contribution in [1.29, 1.82) is 0 Å². The second-order valence-corrected chi connectivity index (χ2v) is 7.25. The minimum atomic E-state index is -0.306. The fraction of sp³-hybridized carbons (Fsp3) is 0.579. The molecule has 1 aromatic carbocycles. The highest BCUT2D eigenvalue weighted by Crippen LogP contribution is 2.32. The third-order valence-electron chi connectivity index (χ3n) is 5.74. The second-order valence-electron chi connectivity index (χ2n) is 7.25. The van der Waals surface area contributed by atoms with Gasteiger partial charge in [-0.2, -0.15) is 0 Å². The molecule has 0 aliphatic carbocycles. The van der Waals surface area contributed by atoms with Gasteiger partial charge in [-0.05, 0) is 18.4 Å². The van der Waals surface area contributed by atoms with Gasteiger partial charge < -0.3 is 9.64 Å². The number of carbonyl (C=O) groups excluding carboxylic acids is 2. The third kappa shape index (κ3) is 3.04. The zero-order valence-corrected chi connectivity index (χ0v) is 14.6. The fourth-order valence-electron chi connectivity index (χ4n) is 4.32. The molecule has 1 aromatic rings. The minimum Gasteiger partial charge on any atom is -0.380 e. The maximum Gasteiger partial charge on any atom is 0.327 e. The Hall–Kier alpha value is -1.92. The SMILES string of the molecule is COC1CC2C(=O)N(C3CCN(Cc4ccccc4)CC3)C(=O)N2C1. The van der Waals surface area contributed by atoms with E-state index in [-0.39, 0.29) is 30.1 Å². The summed E-state index contributed by atoms with van der Waals surface area (Å²) in [4.78, 5) is 31.1. The fourth-order valence-corrected chi connectivity index (χ4v) is 4.32. The summed E-state index contributed by atoms with van der Waals surface area (Å²) >= 11 is 0. The van der Waals surface area contributed by atoms with Crippen LogP contribution < -0.4 is 0 Å². The topological polar surface area (TPSA) is 53.1 Å². The van der Waals surface area contributed by atoms with Crippen molar-refractivity contribution in [3.05, 3.63) is 35.9 Å². The number of likely N-dealkylation sites (tertiary alicyclic amines) is 1. The van der Waals surface area contributed by atoms with Gasteiger partial charge in [0.15, 0.2) is 0 Å². The minimum absolute atomic E-state index is 0.00669. The number of benzene rings is 1. The van der Waals surface area contributed by atoms with E-state index in [0.717, 1.165) is 32.5 Å². The Kier molecular flexibility index (Phi) is 4.48. The van der Waals surface area contributed by atoms with E-state index in [1.54, 1.807) is 12.0 Å². The van der Waals surface area contributed by atoms with Crippen molar-refractivity contribution in [3.8, 4) is 0 Å². The number of nitrogens with zero attached hydrogens (tertiary/aromatic N) is 3. The first-order chi connectivity index (χ1) is 12.2. The molecule has 3 heterocycles. The number of hydrogen-bond acceptors (Lipinski definition) is 4. The second kappa shape index (κ2) is 6.77. The molecule has 0 spiro atoms. The predicted molar refractivity (Wildman–Crippen MR) is 92.9 cm³/mol. The highest BCUT2D eigenvalue weighted by molar-refractivity contribution is 6.05. The number of carbonyl (C=O) groups is 2. The molecule has 25 heavy (non-hydrogen) atoms. The molecule has 2 unspecified atom stereocenters. The summed E-state index contributed by atoms with van der Waals surface area (Å²) in [5.74, 6) is -0.0222. The van der Waals surface area contributed by atoms with Gasteiger partial charge in [-0.25, -0.2) is 4.79 Å². The van der Waals surface area contributed by atoms with Crippen LogP contribution >= 0.6 is 0 Å². The summed E-state index contributed by atoms with van der Waals surface area (Å²) in [6.07, 6.45) is 2.34. The number of rotatable bonds is 4. The first kappa shape index (κ1) is 16.5. The standard InChI is InChI=1S/C19H25N3O3/c1-25-16-11-17-18(23)22(19(24)21(17)13-16)15-7-9-20(10-8-15)12-14-5-3-2-4-6-14/h2-6,15-17H,7-13H2,1H3. The average Bonchev–Trinajstić information content (AvgIpc) is 3.17. The van der Waals surface area contributed by atoms with Gasteiger partial charge in [0, 0.05) is 45.8 Å². The Morgan fingerprint density at radius 1 is 1.12 bits per heavy atom. The summed E-state index contributed by atoms with van der Waals surface area (Å²) in [6.45, 7) is 3.30. The molecule has 134 valence electrons. The maximum atomic E-state index is 12.7. The van der Waals surface area contributed by atoms with Crippen LogP contribution in [0.3, 0.4) is 0 Å². The lowest BCUT2D eigenvalue weighted by molar-refractivity contribution is -0.130. The number of imide groups is 1. The van der Waals surface area contributed by atoms with Gasteiger partial charge in [0.05, 0.1) is 6.10 Å². The molecule has 0 radical (unpaired) electrons. The molecule has 3 amide bonds. The lowest BCUT2D eigenvalue weighted by atomic mass is 10.0. The number of amides is 3. The predicted octanol–water partition coefficient (Wildman–Crippen LogP) is 1.70. The number of methoxy groups -OCH3 is 1. The van der Waals surface area contributed by atoms with Crippen molar-refractivity contribution < 1.29 is 14.3 Å². The molecule has 0 aromatic heterocycles. The molecule has 3 fully saturated rings. The van der Waals surface area contributed by atoms with E-state index in [9.17, 15) is 9.59 Å². The van der Waals surface area contributed by atoms with Crippen molar-refractivity contribution in [1.82, 2.24) is 14.7 Å². The molecular weight excluding hydrogens is 318 g/mol. The molecular formula is C19H25N3O3. The Balaban J connectivity index is 1.35. The van der Waals surface area contributed by atoms with Crippen LogP contribution in [0.15, 0.2) is 30.3 Å². The van der Waals surface area contributed by atoms with E-state index >= 15 is 0 Å². The van der Waals surface area contributed by atoms with E-state index in [1.165, 1.54) is 10.5 Å². The Morgan fingerprint density at radius 2 is 1.84 bits per heavy atom. The number of hydrogen-bond donors (Lipinski definition) is 0. The van der Waals surface area contributed by atoms with Gasteiger partial charge in [0.1, 0.15) is 6.04 Å². The molecule has 0 N–H and O–H groups in total. The third-order valence-corrected chi connectivity index (χ3v) is 5.74. The molecule has 3 aliphatic rings. The van der Waals surface area contributed by atoms with E-state index < -0.39 is 0 Å². The van der Waals surface area contributed by atoms with Crippen molar-refractivity contribution in [2.75, 3.05) is 26.7 Å². The smallest absolute Gasteiger partial charge is 0.327 e. The first-order valence-corrected chi connectivity index (χ1v) is 9.10. The van der Waals surface area contributed by atoms with E-state index in [4.69, 9.17) is 4.74 Å². The monoisotopic (exact) mass is 343 g/mol. The normalized spacial score (nSPS) is 28.0. The zero-order chi connectivity index (χ0) is 17.4. The molecule has 2 atom stereocenters. The summed E-state index contributed by atoms with van der Waals surface area (Å²) < 4.78 is 5.32. The number of fused-ring (bicyclic) bond motifs is 1. The van der Waals surface area contributed by atoms with Crippen LogP contribution in [0.1, 0.15) is 24.8 Å². The average molecular weight is 343 g/mol. The van der Waals surface area contributed by atoms with Gasteiger partial charge >= 0.3 is 6.03 Å². The molecule has 6 nitrogen and oxygen atoms in total. The maximum absolute atomic E-state index is 12.7. The number of ether oxygens (including phenoxy) is 1. The number of urea groups is 1. The van der Waals surface area contributed by atoms with Crippen LogP contribution in [0.25, 0.3) is 0 Å². The largest absolute Gasteiger partial charge is 0.380 e. The summed E-state index contributed by atoms with van der Waals surface area (Å²) in [5.41, 5.74) is 1.31. The molecule has 6 heteroatoms. The van der Waals surface area contributed by atoms with E-state index in [1.807, 2.05) is 6.07 Å². The lowest BCUT2D eigenvalue weighted by Gasteiger charge is -2.35. The van der Waals surface area contributed by atoms with Crippen molar-refractivity contribution in [3.63, 3.8) is 0 Å². The van der Waals surface area contributed by atoms with E-state index in [2.05, 4.69) is 29.2 Å². The van der Waals surface area contributed by atoms with Gasteiger partial charge in [-0.1, -0.05) is 30.3 Å². The van der Waals surface area contributed by atoms with Gasteiger partial charge in [-0.3, -0.25) is 14.6 Å². The van der Waals surface area contributed by atoms with Gasteiger partial charge in [0.2, 0.25) is 0 Å². The summed E-state index contributed by atoms with van der Waals surface area (Å²) in [6, 6.07) is 10.0. The summed E-state index contributed by atoms with van der Waals surface area (Å²) in [7, 11) is 1.64. The quantitative estimate of drug-likeness (QED) is 0.781. The lowest BCUT2D eigenvalue weighted by Crippen LogP contribution is -2.48. The van der Waals surface area contributed by atoms with Crippen LogP contribution in [0, 0.1) is 0 Å². The van der Waals surface area contributed by atoms with E-state index in [0.29, 0.717) is 13.0 Å². The van der Waals surface area contributed by atoms with Crippen LogP contribution in [-0.2, 0) is 16.1 Å². The van der Waals surface area contributed by atoms with Gasteiger partial charge in [-0.15, -0.1) is 0 Å². The van der Waals surface area contributed by atoms with Crippen LogP contribution in [0.5, 0.6) is 0 Å². The Bertz CT molecular complexity index is 619. The Labute approximate surface area is 148 Å². The first-order valence-electron chi connectivity index (χ1n) is 9.10. The highest BCUT2D eigenvalue weighted by atomic mass is 16.5. The molecule has 3 saturated heterocycles. The highest BCUT2D eigenvalue weighted by Gasteiger charge is 2.52. The number of piperidine rings is 1. The van der Waals surface area contributed by atoms with Crippen molar-refractivity contribution in [2.45, 2.75) is 44.0 Å². The van der Waals surface area contributed by atoms with Crippen molar-refractivity contribution in [2.24, 2.45) is 0 Å². The van der Waals surface area contributed by atoms with Crippen LogP contribution in [0.4, 0.5) is 4.79 Å². The van der Waals surface area contributed by atoms with Crippen LogP contribution in [-0.4, -0.2) is 71.6 Å². The molecule has 4 rings (SSSR count). The zero-order valence-electron chi connectivity index (χ0n) is 14.6. The summed E-state index contributed by atoms with van der Waals surface area (Å²) in [5, 5.41) is 0. The Morgan fingerprint density at radius 3 is 2.48 bits per heavy atom.